The lowest BCUT2D eigenvalue weighted by atomic mass is 10.1. The summed E-state index contributed by atoms with van der Waals surface area (Å²) < 4.78 is 26.2. The molecule has 1 unspecified atom stereocenters. The molecule has 5 heteroatoms. The number of benzene rings is 1. The van der Waals surface area contributed by atoms with Crippen LogP contribution in [0.1, 0.15) is 25.8 Å². The van der Waals surface area contributed by atoms with Gasteiger partial charge in [0, 0.05) is 25.2 Å². The molecule has 1 N–H and O–H groups in total. The number of carbonyl (C=O) groups is 1. The first-order chi connectivity index (χ1) is 9.45. The van der Waals surface area contributed by atoms with E-state index in [4.69, 9.17) is 0 Å². The molecule has 1 amide bonds. The topological polar surface area (TPSA) is 32.3 Å². The molecule has 20 heavy (non-hydrogen) atoms. The van der Waals surface area contributed by atoms with Crippen LogP contribution in [0.5, 0.6) is 0 Å². The molecule has 0 saturated carbocycles. The summed E-state index contributed by atoms with van der Waals surface area (Å²) in [6.45, 7) is 5.20. The quantitative estimate of drug-likeness (QED) is 0.897. The number of nitrogens with one attached hydrogen (secondary N) is 1. The van der Waals surface area contributed by atoms with Crippen LogP contribution in [-0.2, 0) is 11.2 Å². The van der Waals surface area contributed by atoms with E-state index in [0.717, 1.165) is 12.5 Å². The van der Waals surface area contributed by atoms with Crippen molar-refractivity contribution in [2.45, 2.75) is 38.8 Å². The van der Waals surface area contributed by atoms with Crippen LogP contribution in [0, 0.1) is 11.6 Å². The van der Waals surface area contributed by atoms with Gasteiger partial charge in [-0.05, 0) is 30.5 Å². The Hall–Kier alpha value is -1.49. The van der Waals surface area contributed by atoms with Gasteiger partial charge >= 0.3 is 0 Å². The van der Waals surface area contributed by atoms with Gasteiger partial charge in [0.05, 0.1) is 6.04 Å². The molecular weight excluding hydrogens is 262 g/mol. The molecule has 1 atom stereocenters. The molecule has 1 aliphatic heterocycles. The smallest absolute Gasteiger partial charge is 0.239 e. The maximum Gasteiger partial charge on any atom is 0.239 e. The minimum atomic E-state index is -0.577. The highest BCUT2D eigenvalue weighted by atomic mass is 19.1. The average Bonchev–Trinajstić information content (AvgIpc) is 2.66. The third kappa shape index (κ3) is 3.76. The van der Waals surface area contributed by atoms with Crippen molar-refractivity contribution in [2.24, 2.45) is 0 Å². The summed E-state index contributed by atoms with van der Waals surface area (Å²) in [6.07, 6.45) is 1.25. The van der Waals surface area contributed by atoms with E-state index in [0.29, 0.717) is 25.1 Å². The first kappa shape index (κ1) is 14.9. The van der Waals surface area contributed by atoms with E-state index < -0.39 is 11.6 Å². The third-order valence-electron chi connectivity index (χ3n) is 3.42. The molecule has 0 radical (unpaired) electrons. The fourth-order valence-corrected chi connectivity index (χ4v) is 2.54. The summed E-state index contributed by atoms with van der Waals surface area (Å²) in [4.78, 5) is 13.9. The van der Waals surface area contributed by atoms with E-state index in [2.05, 4.69) is 5.32 Å². The molecule has 0 aliphatic carbocycles. The molecule has 1 heterocycles. The molecule has 1 fully saturated rings. The van der Waals surface area contributed by atoms with Gasteiger partial charge in [0.15, 0.2) is 0 Å². The Kier molecular flexibility index (Phi) is 4.70. The van der Waals surface area contributed by atoms with E-state index >= 15 is 0 Å². The molecule has 3 nitrogen and oxygen atoms in total. The second kappa shape index (κ2) is 6.31. The number of nitrogens with zero attached hydrogens (tertiary/aromatic N) is 1. The zero-order valence-corrected chi connectivity index (χ0v) is 11.8. The van der Waals surface area contributed by atoms with Crippen LogP contribution in [0.2, 0.25) is 0 Å². The van der Waals surface area contributed by atoms with Gasteiger partial charge < -0.3 is 10.2 Å². The predicted octanol–water partition coefficient (Wildman–Crippen LogP) is 2.11. The predicted molar refractivity (Wildman–Crippen MR) is 73.3 cm³/mol. The van der Waals surface area contributed by atoms with Gasteiger partial charge in [-0.25, -0.2) is 8.78 Å². The van der Waals surface area contributed by atoms with E-state index in [-0.39, 0.29) is 18.0 Å². The van der Waals surface area contributed by atoms with Crippen LogP contribution in [0.3, 0.4) is 0 Å². The first-order valence-corrected chi connectivity index (χ1v) is 6.95. The van der Waals surface area contributed by atoms with Gasteiger partial charge in [-0.2, -0.15) is 0 Å². The largest absolute Gasteiger partial charge is 0.341 e. The lowest BCUT2D eigenvalue weighted by Crippen LogP contribution is -2.41. The lowest BCUT2D eigenvalue weighted by molar-refractivity contribution is -0.129. The maximum atomic E-state index is 13.1. The number of carbonyl (C=O) groups excluding carboxylic acids is 1. The van der Waals surface area contributed by atoms with Gasteiger partial charge in [-0.1, -0.05) is 13.8 Å². The van der Waals surface area contributed by atoms with Crippen molar-refractivity contribution < 1.29 is 13.6 Å². The minimum absolute atomic E-state index is 0.0792. The summed E-state index contributed by atoms with van der Waals surface area (Å²) in [6, 6.07) is 3.62. The Labute approximate surface area is 118 Å². The van der Waals surface area contributed by atoms with Crippen molar-refractivity contribution in [2.75, 3.05) is 13.1 Å². The minimum Gasteiger partial charge on any atom is -0.341 e. The fourth-order valence-electron chi connectivity index (χ4n) is 2.54. The van der Waals surface area contributed by atoms with Crippen LogP contribution in [0.4, 0.5) is 8.78 Å². The number of halogens is 2. The second-order valence-electron chi connectivity index (χ2n) is 5.52. The van der Waals surface area contributed by atoms with E-state index in [9.17, 15) is 13.6 Å². The highest BCUT2D eigenvalue weighted by Crippen LogP contribution is 2.14. The Balaban J connectivity index is 1.90. The summed E-state index contributed by atoms with van der Waals surface area (Å²) in [5.41, 5.74) is 0.579. The summed E-state index contributed by atoms with van der Waals surface area (Å²) >= 11 is 0. The molecule has 0 spiro atoms. The summed E-state index contributed by atoms with van der Waals surface area (Å²) in [7, 11) is 0. The molecule has 1 aromatic rings. The molecule has 110 valence electrons. The maximum absolute atomic E-state index is 13.1. The van der Waals surface area contributed by atoms with Crippen LogP contribution in [0.25, 0.3) is 0 Å². The number of amides is 1. The molecule has 0 bridgehead atoms. The van der Waals surface area contributed by atoms with E-state index in [1.165, 1.54) is 12.1 Å². The first-order valence-electron chi connectivity index (χ1n) is 6.95. The third-order valence-corrected chi connectivity index (χ3v) is 3.42. The van der Waals surface area contributed by atoms with Crippen molar-refractivity contribution in [3.8, 4) is 0 Å². The van der Waals surface area contributed by atoms with Gasteiger partial charge in [-0.15, -0.1) is 0 Å². The number of hydrogen-bond acceptors (Lipinski definition) is 2. The fraction of sp³-hybridized carbons (Fsp3) is 0.533. The molecule has 1 saturated heterocycles. The van der Waals surface area contributed by atoms with Gasteiger partial charge in [0.25, 0.3) is 0 Å². The van der Waals surface area contributed by atoms with Crippen molar-refractivity contribution in [3.05, 3.63) is 35.4 Å². The van der Waals surface area contributed by atoms with Crippen LogP contribution in [-0.4, -0.2) is 36.0 Å². The highest BCUT2D eigenvalue weighted by Gasteiger charge is 2.31. The number of likely N-dealkylation sites (tertiary alicyclic amines) is 1. The molecular formula is C15H20F2N2O. The number of hydrogen-bond donors (Lipinski definition) is 1. The summed E-state index contributed by atoms with van der Waals surface area (Å²) in [5.74, 6) is -1.07. The number of rotatable bonds is 5. The van der Waals surface area contributed by atoms with Crippen LogP contribution in [0.15, 0.2) is 18.2 Å². The molecule has 1 aliphatic rings. The molecule has 0 aromatic heterocycles. The Morgan fingerprint density at radius 2 is 1.95 bits per heavy atom. The van der Waals surface area contributed by atoms with Crippen molar-refractivity contribution >= 4 is 5.91 Å². The summed E-state index contributed by atoms with van der Waals surface area (Å²) in [5, 5.41) is 3.23. The lowest BCUT2D eigenvalue weighted by Gasteiger charge is -2.18. The van der Waals surface area contributed by atoms with Crippen LogP contribution >= 0.6 is 0 Å². The molecule has 2 rings (SSSR count). The zero-order valence-electron chi connectivity index (χ0n) is 11.8. The highest BCUT2D eigenvalue weighted by molar-refractivity contribution is 5.84. The zero-order chi connectivity index (χ0) is 14.7. The normalized spacial score (nSPS) is 19.1. The van der Waals surface area contributed by atoms with Gasteiger partial charge in [0.1, 0.15) is 11.6 Å². The monoisotopic (exact) mass is 282 g/mol. The Morgan fingerprint density at radius 1 is 1.30 bits per heavy atom. The average molecular weight is 282 g/mol. The SMILES string of the molecule is CC(C)NC1CCN(CCc2cc(F)cc(F)c2)C1=O. The van der Waals surface area contributed by atoms with Crippen molar-refractivity contribution in [1.29, 1.82) is 0 Å². The van der Waals surface area contributed by atoms with Gasteiger partial charge in [-0.3, -0.25) is 4.79 Å². The van der Waals surface area contributed by atoms with Crippen LogP contribution < -0.4 is 5.32 Å². The van der Waals surface area contributed by atoms with Crippen molar-refractivity contribution in [1.82, 2.24) is 10.2 Å². The Morgan fingerprint density at radius 3 is 2.55 bits per heavy atom. The second-order valence-corrected chi connectivity index (χ2v) is 5.52. The standard InChI is InChI=1S/C15H20F2N2O/c1-10(2)18-14-4-6-19(15(14)20)5-3-11-7-12(16)9-13(17)8-11/h7-10,14,18H,3-6H2,1-2H3. The van der Waals surface area contributed by atoms with E-state index in [1.54, 1.807) is 4.90 Å². The molecule has 1 aromatic carbocycles. The van der Waals surface area contributed by atoms with Gasteiger partial charge in [0.2, 0.25) is 5.91 Å². The van der Waals surface area contributed by atoms with Crippen molar-refractivity contribution in [3.63, 3.8) is 0 Å². The Bertz CT molecular complexity index is 471. The van der Waals surface area contributed by atoms with E-state index in [1.807, 2.05) is 13.8 Å².